The number of nitrogens with one attached hydrogen (secondary N) is 1. The van der Waals surface area contributed by atoms with Crippen molar-refractivity contribution in [1.29, 1.82) is 0 Å². The predicted molar refractivity (Wildman–Crippen MR) is 75.8 cm³/mol. The summed E-state index contributed by atoms with van der Waals surface area (Å²) in [5.74, 6) is 3.72. The highest BCUT2D eigenvalue weighted by Gasteiger charge is 2.43. The summed E-state index contributed by atoms with van der Waals surface area (Å²) in [5, 5.41) is 7.14. The molecule has 1 aromatic rings. The maximum absolute atomic E-state index is 5.76. The smallest absolute Gasteiger partial charge is 0.240 e. The van der Waals surface area contributed by atoms with E-state index in [2.05, 4.69) is 35.2 Å². The first-order valence-corrected chi connectivity index (χ1v) is 7.04. The number of methoxy groups -OCH3 is 1. The summed E-state index contributed by atoms with van der Waals surface area (Å²) in [6.45, 7) is 5.56. The van der Waals surface area contributed by atoms with E-state index in [-0.39, 0.29) is 0 Å². The third-order valence-electron chi connectivity index (χ3n) is 4.18. The van der Waals surface area contributed by atoms with Crippen molar-refractivity contribution < 1.29 is 9.26 Å². The first-order valence-electron chi connectivity index (χ1n) is 7.04. The summed E-state index contributed by atoms with van der Waals surface area (Å²) in [6, 6.07) is 0. The SMILES string of the molecule is C#CCNCc1nc(C2(OC)CCC(C)(C)CC2)no1. The van der Waals surface area contributed by atoms with Crippen LogP contribution in [0.2, 0.25) is 0 Å². The zero-order valence-electron chi connectivity index (χ0n) is 12.5. The molecule has 110 valence electrons. The van der Waals surface area contributed by atoms with Gasteiger partial charge in [0.2, 0.25) is 11.7 Å². The average Bonchev–Trinajstić information content (AvgIpc) is 2.89. The van der Waals surface area contributed by atoms with Gasteiger partial charge in [0.05, 0.1) is 13.1 Å². The van der Waals surface area contributed by atoms with E-state index in [1.165, 1.54) is 0 Å². The van der Waals surface area contributed by atoms with Crippen molar-refractivity contribution in [2.75, 3.05) is 13.7 Å². The second-order valence-corrected chi connectivity index (χ2v) is 6.18. The first kappa shape index (κ1) is 15.0. The number of rotatable bonds is 5. The molecule has 1 saturated carbocycles. The molecule has 0 atom stereocenters. The van der Waals surface area contributed by atoms with Crippen molar-refractivity contribution in [3.05, 3.63) is 11.7 Å². The van der Waals surface area contributed by atoms with E-state index in [9.17, 15) is 0 Å². The van der Waals surface area contributed by atoms with Crippen molar-refractivity contribution >= 4 is 0 Å². The molecule has 0 saturated heterocycles. The Morgan fingerprint density at radius 2 is 2.05 bits per heavy atom. The van der Waals surface area contributed by atoms with Gasteiger partial charge in [0.25, 0.3) is 0 Å². The van der Waals surface area contributed by atoms with E-state index in [0.717, 1.165) is 25.7 Å². The molecule has 1 aliphatic rings. The lowest BCUT2D eigenvalue weighted by atomic mass is 9.70. The molecule has 0 amide bonds. The Kier molecular flexibility index (Phi) is 4.46. The Morgan fingerprint density at radius 1 is 1.35 bits per heavy atom. The Hall–Kier alpha value is -1.38. The summed E-state index contributed by atoms with van der Waals surface area (Å²) >= 11 is 0. The molecule has 0 unspecified atom stereocenters. The Labute approximate surface area is 120 Å². The van der Waals surface area contributed by atoms with Gasteiger partial charge >= 0.3 is 0 Å². The van der Waals surface area contributed by atoms with Crippen molar-refractivity contribution in [1.82, 2.24) is 15.5 Å². The Balaban J connectivity index is 2.07. The molecule has 0 spiro atoms. The van der Waals surface area contributed by atoms with Gasteiger partial charge in [0, 0.05) is 7.11 Å². The van der Waals surface area contributed by atoms with Gasteiger partial charge in [-0.25, -0.2) is 0 Å². The number of terminal acetylenes is 1. The van der Waals surface area contributed by atoms with Gasteiger partial charge < -0.3 is 9.26 Å². The molecule has 1 N–H and O–H groups in total. The van der Waals surface area contributed by atoms with Gasteiger partial charge in [-0.2, -0.15) is 4.98 Å². The molecule has 5 heteroatoms. The summed E-state index contributed by atoms with van der Waals surface area (Å²) in [6.07, 6.45) is 9.23. The summed E-state index contributed by atoms with van der Waals surface area (Å²) in [4.78, 5) is 4.46. The topological polar surface area (TPSA) is 60.2 Å². The van der Waals surface area contributed by atoms with E-state index in [1.807, 2.05) is 0 Å². The van der Waals surface area contributed by atoms with Gasteiger partial charge in [-0.05, 0) is 31.1 Å². The maximum atomic E-state index is 5.76. The van der Waals surface area contributed by atoms with Gasteiger partial charge in [-0.1, -0.05) is 24.9 Å². The van der Waals surface area contributed by atoms with E-state index < -0.39 is 5.60 Å². The van der Waals surface area contributed by atoms with Crippen LogP contribution in [0.3, 0.4) is 0 Å². The number of ether oxygens (including phenoxy) is 1. The average molecular weight is 277 g/mol. The number of hydrogen-bond donors (Lipinski definition) is 1. The molecular formula is C15H23N3O2. The normalized spacial score (nSPS) is 20.5. The summed E-state index contributed by atoms with van der Waals surface area (Å²) in [5.41, 5.74) is -0.0354. The van der Waals surface area contributed by atoms with E-state index in [4.69, 9.17) is 15.7 Å². The second kappa shape index (κ2) is 5.94. The van der Waals surface area contributed by atoms with Crippen LogP contribution >= 0.6 is 0 Å². The molecule has 0 radical (unpaired) electrons. The van der Waals surface area contributed by atoms with Crippen LogP contribution in [-0.2, 0) is 16.9 Å². The van der Waals surface area contributed by atoms with Crippen LogP contribution in [0.25, 0.3) is 0 Å². The van der Waals surface area contributed by atoms with Gasteiger partial charge in [-0.3, -0.25) is 5.32 Å². The largest absolute Gasteiger partial charge is 0.370 e. The maximum Gasteiger partial charge on any atom is 0.240 e. The van der Waals surface area contributed by atoms with Crippen LogP contribution in [0, 0.1) is 17.8 Å². The lowest BCUT2D eigenvalue weighted by Gasteiger charge is -2.40. The van der Waals surface area contributed by atoms with Crippen LogP contribution in [0.1, 0.15) is 51.2 Å². The van der Waals surface area contributed by atoms with Crippen molar-refractivity contribution in [2.24, 2.45) is 5.41 Å². The summed E-state index contributed by atoms with van der Waals surface area (Å²) < 4.78 is 11.0. The lowest BCUT2D eigenvalue weighted by molar-refractivity contribution is -0.0740. The van der Waals surface area contributed by atoms with Crippen molar-refractivity contribution in [3.8, 4) is 12.3 Å². The molecule has 1 heterocycles. The van der Waals surface area contributed by atoms with Crippen molar-refractivity contribution in [3.63, 3.8) is 0 Å². The quantitative estimate of drug-likeness (QED) is 0.660. The molecule has 1 aromatic heterocycles. The highest BCUT2D eigenvalue weighted by atomic mass is 16.5. The number of nitrogens with zero attached hydrogens (tertiary/aromatic N) is 2. The van der Waals surface area contributed by atoms with E-state index in [1.54, 1.807) is 7.11 Å². The molecule has 20 heavy (non-hydrogen) atoms. The van der Waals surface area contributed by atoms with Gasteiger partial charge in [0.1, 0.15) is 5.60 Å². The lowest BCUT2D eigenvalue weighted by Crippen LogP contribution is -2.37. The highest BCUT2D eigenvalue weighted by molar-refractivity contribution is 5.05. The fraction of sp³-hybridized carbons (Fsp3) is 0.733. The van der Waals surface area contributed by atoms with Crippen LogP contribution in [0.5, 0.6) is 0 Å². The summed E-state index contributed by atoms with van der Waals surface area (Å²) in [7, 11) is 1.73. The molecule has 1 aliphatic carbocycles. The minimum Gasteiger partial charge on any atom is -0.370 e. The monoisotopic (exact) mass is 277 g/mol. The molecule has 0 aromatic carbocycles. The highest BCUT2D eigenvalue weighted by Crippen LogP contribution is 2.46. The van der Waals surface area contributed by atoms with Crippen molar-refractivity contribution in [2.45, 2.75) is 51.7 Å². The zero-order valence-corrected chi connectivity index (χ0v) is 12.5. The van der Waals surface area contributed by atoms with Crippen LogP contribution in [0.15, 0.2) is 4.52 Å². The molecule has 5 nitrogen and oxygen atoms in total. The minimum absolute atomic E-state index is 0.364. The minimum atomic E-state index is -0.399. The van der Waals surface area contributed by atoms with E-state index >= 15 is 0 Å². The third-order valence-corrected chi connectivity index (χ3v) is 4.18. The fourth-order valence-corrected chi connectivity index (χ4v) is 2.60. The zero-order chi connectivity index (χ0) is 14.6. The predicted octanol–water partition coefficient (Wildman–Crippen LogP) is 2.23. The third kappa shape index (κ3) is 3.20. The Bertz CT molecular complexity index is 478. The van der Waals surface area contributed by atoms with E-state index in [0.29, 0.717) is 30.2 Å². The second-order valence-electron chi connectivity index (χ2n) is 6.18. The fourth-order valence-electron chi connectivity index (χ4n) is 2.60. The van der Waals surface area contributed by atoms with Gasteiger partial charge in [0.15, 0.2) is 0 Å². The molecule has 0 bridgehead atoms. The van der Waals surface area contributed by atoms with Crippen LogP contribution in [-0.4, -0.2) is 23.8 Å². The van der Waals surface area contributed by atoms with Gasteiger partial charge in [-0.15, -0.1) is 6.42 Å². The number of aromatic nitrogens is 2. The molecular weight excluding hydrogens is 254 g/mol. The number of hydrogen-bond acceptors (Lipinski definition) is 5. The van der Waals surface area contributed by atoms with Crippen LogP contribution in [0.4, 0.5) is 0 Å². The van der Waals surface area contributed by atoms with Crippen LogP contribution < -0.4 is 5.32 Å². The Morgan fingerprint density at radius 3 is 2.65 bits per heavy atom. The molecule has 1 fully saturated rings. The molecule has 0 aliphatic heterocycles. The standard InChI is InChI=1S/C15H23N3O2/c1-5-10-16-11-12-17-13(18-20-12)15(19-4)8-6-14(2,3)7-9-15/h1,16H,6-11H2,2-4H3. The molecule has 2 rings (SSSR count). The first-order chi connectivity index (χ1) is 9.51.